The fourth-order valence-corrected chi connectivity index (χ4v) is 3.92. The highest BCUT2D eigenvalue weighted by atomic mass is 19.1. The average Bonchev–Trinajstić information content (AvgIpc) is 3.25. The van der Waals surface area contributed by atoms with Gasteiger partial charge in [0.15, 0.2) is 6.29 Å². The molecule has 166 valence electrons. The summed E-state index contributed by atoms with van der Waals surface area (Å²) in [6.07, 6.45) is 18.6. The van der Waals surface area contributed by atoms with E-state index in [9.17, 15) is 4.39 Å². The molecule has 1 aromatic rings. The van der Waals surface area contributed by atoms with Crippen LogP contribution in [0.2, 0.25) is 0 Å². The standard InChI is InChI=1S/C25H42FNO2/c1-2-3-4-5-6-7-8-9-10-11-12-13-14-15-18-27-22-16-17-23(24(26)21-22)25-28-19-20-29-25/h16-17,21,25,27H,2-15,18-20H2,1H3. The summed E-state index contributed by atoms with van der Waals surface area (Å²) in [4.78, 5) is 0. The van der Waals surface area contributed by atoms with E-state index in [2.05, 4.69) is 12.2 Å². The van der Waals surface area contributed by atoms with Gasteiger partial charge >= 0.3 is 0 Å². The van der Waals surface area contributed by atoms with E-state index in [0.29, 0.717) is 18.8 Å². The Morgan fingerprint density at radius 2 is 1.31 bits per heavy atom. The van der Waals surface area contributed by atoms with Crippen molar-refractivity contribution in [1.29, 1.82) is 0 Å². The van der Waals surface area contributed by atoms with Gasteiger partial charge in [-0.3, -0.25) is 0 Å². The summed E-state index contributed by atoms with van der Waals surface area (Å²) in [7, 11) is 0. The van der Waals surface area contributed by atoms with Crippen LogP contribution >= 0.6 is 0 Å². The van der Waals surface area contributed by atoms with Gasteiger partial charge in [0.05, 0.1) is 13.2 Å². The fraction of sp³-hybridized carbons (Fsp3) is 0.760. The molecule has 0 aromatic heterocycles. The Morgan fingerprint density at radius 1 is 0.793 bits per heavy atom. The van der Waals surface area contributed by atoms with Crippen molar-refractivity contribution in [3.8, 4) is 0 Å². The van der Waals surface area contributed by atoms with Crippen LogP contribution in [0.25, 0.3) is 0 Å². The molecule has 0 amide bonds. The van der Waals surface area contributed by atoms with Crippen LogP contribution in [0.3, 0.4) is 0 Å². The molecule has 1 aromatic carbocycles. The lowest BCUT2D eigenvalue weighted by atomic mass is 10.0. The van der Waals surface area contributed by atoms with Crippen LogP contribution < -0.4 is 5.32 Å². The Hall–Kier alpha value is -1.13. The van der Waals surface area contributed by atoms with E-state index in [4.69, 9.17) is 9.47 Å². The third-order valence-electron chi connectivity index (χ3n) is 5.74. The molecule has 0 unspecified atom stereocenters. The van der Waals surface area contributed by atoms with Gasteiger partial charge in [-0.2, -0.15) is 0 Å². The van der Waals surface area contributed by atoms with E-state index in [1.54, 1.807) is 12.1 Å². The topological polar surface area (TPSA) is 30.5 Å². The molecule has 29 heavy (non-hydrogen) atoms. The summed E-state index contributed by atoms with van der Waals surface area (Å²) in [5, 5.41) is 3.33. The normalized spacial score (nSPS) is 14.6. The number of halogens is 1. The number of hydrogen-bond donors (Lipinski definition) is 1. The van der Waals surface area contributed by atoms with Gasteiger partial charge in [-0.25, -0.2) is 4.39 Å². The van der Waals surface area contributed by atoms with Gasteiger partial charge in [0.2, 0.25) is 0 Å². The number of unbranched alkanes of at least 4 members (excludes halogenated alkanes) is 13. The monoisotopic (exact) mass is 407 g/mol. The molecule has 0 saturated carbocycles. The molecule has 3 nitrogen and oxygen atoms in total. The molecule has 0 aliphatic carbocycles. The van der Waals surface area contributed by atoms with Crippen molar-refractivity contribution in [3.63, 3.8) is 0 Å². The smallest absolute Gasteiger partial charge is 0.186 e. The highest BCUT2D eigenvalue weighted by molar-refractivity contribution is 5.45. The first kappa shape index (κ1) is 24.1. The Kier molecular flexibility index (Phi) is 13.1. The molecule has 4 heteroatoms. The quantitative estimate of drug-likeness (QED) is 0.268. The maximum absolute atomic E-state index is 14.2. The lowest BCUT2D eigenvalue weighted by Crippen LogP contribution is -2.05. The van der Waals surface area contributed by atoms with E-state index in [0.717, 1.165) is 18.7 Å². The molecule has 0 radical (unpaired) electrons. The number of nitrogens with one attached hydrogen (secondary N) is 1. The van der Waals surface area contributed by atoms with Crippen molar-refractivity contribution in [1.82, 2.24) is 0 Å². The molecule has 0 bridgehead atoms. The first-order valence-electron chi connectivity index (χ1n) is 12.1. The van der Waals surface area contributed by atoms with Gasteiger partial charge in [-0.1, -0.05) is 90.4 Å². The Balaban J connectivity index is 1.39. The van der Waals surface area contributed by atoms with Gasteiger partial charge < -0.3 is 14.8 Å². The van der Waals surface area contributed by atoms with E-state index >= 15 is 0 Å². The largest absolute Gasteiger partial charge is 0.385 e. The van der Waals surface area contributed by atoms with Gasteiger partial charge in [-0.05, 0) is 24.6 Å². The first-order valence-corrected chi connectivity index (χ1v) is 12.1. The third kappa shape index (κ3) is 10.5. The highest BCUT2D eigenvalue weighted by Crippen LogP contribution is 2.27. The second-order valence-corrected chi connectivity index (χ2v) is 8.33. The van der Waals surface area contributed by atoms with Gasteiger partial charge in [-0.15, -0.1) is 0 Å². The lowest BCUT2D eigenvalue weighted by Gasteiger charge is -2.12. The molecule has 0 atom stereocenters. The molecule has 1 aliphatic heterocycles. The molecule has 1 heterocycles. The number of benzene rings is 1. The second-order valence-electron chi connectivity index (χ2n) is 8.33. The zero-order valence-corrected chi connectivity index (χ0v) is 18.5. The molecular formula is C25H42FNO2. The van der Waals surface area contributed by atoms with Crippen molar-refractivity contribution < 1.29 is 13.9 Å². The van der Waals surface area contributed by atoms with E-state index in [1.165, 1.54) is 83.5 Å². The molecule has 0 spiro atoms. The first-order chi connectivity index (χ1) is 14.3. The van der Waals surface area contributed by atoms with Crippen LogP contribution in [-0.2, 0) is 9.47 Å². The second kappa shape index (κ2) is 15.7. The number of anilines is 1. The van der Waals surface area contributed by atoms with E-state index < -0.39 is 6.29 Å². The van der Waals surface area contributed by atoms with Gasteiger partial charge in [0, 0.05) is 17.8 Å². The highest BCUT2D eigenvalue weighted by Gasteiger charge is 2.21. The maximum atomic E-state index is 14.2. The van der Waals surface area contributed by atoms with Crippen molar-refractivity contribution in [3.05, 3.63) is 29.6 Å². The van der Waals surface area contributed by atoms with Crippen LogP contribution in [0.15, 0.2) is 18.2 Å². The number of hydrogen-bond acceptors (Lipinski definition) is 3. The molecular weight excluding hydrogens is 365 g/mol. The van der Waals surface area contributed by atoms with Crippen LogP contribution in [-0.4, -0.2) is 19.8 Å². The van der Waals surface area contributed by atoms with Crippen molar-refractivity contribution >= 4 is 5.69 Å². The Bertz CT molecular complexity index is 532. The summed E-state index contributed by atoms with van der Waals surface area (Å²) in [6.45, 7) is 4.23. The van der Waals surface area contributed by atoms with Crippen molar-refractivity contribution in [2.75, 3.05) is 25.1 Å². The van der Waals surface area contributed by atoms with E-state index in [-0.39, 0.29) is 5.82 Å². The molecule has 1 N–H and O–H groups in total. The summed E-state index contributed by atoms with van der Waals surface area (Å²) < 4.78 is 24.9. The molecule has 1 saturated heterocycles. The predicted octanol–water partition coefficient (Wildman–Crippen LogP) is 7.76. The Labute approximate surface area is 177 Å². The predicted molar refractivity (Wildman–Crippen MR) is 120 cm³/mol. The van der Waals surface area contributed by atoms with Crippen LogP contribution in [0, 0.1) is 5.82 Å². The number of ether oxygens (including phenoxy) is 2. The van der Waals surface area contributed by atoms with Gasteiger partial charge in [0.25, 0.3) is 0 Å². The summed E-state index contributed by atoms with van der Waals surface area (Å²) in [5.41, 5.74) is 1.32. The SMILES string of the molecule is CCCCCCCCCCCCCCCCNc1ccc(C2OCCO2)c(F)c1. The lowest BCUT2D eigenvalue weighted by molar-refractivity contribution is -0.0464. The zero-order valence-electron chi connectivity index (χ0n) is 18.5. The average molecular weight is 408 g/mol. The zero-order chi connectivity index (χ0) is 20.6. The van der Waals surface area contributed by atoms with Crippen LogP contribution in [0.5, 0.6) is 0 Å². The Morgan fingerprint density at radius 3 is 1.83 bits per heavy atom. The minimum Gasteiger partial charge on any atom is -0.385 e. The van der Waals surface area contributed by atoms with Crippen LogP contribution in [0.1, 0.15) is 109 Å². The minimum absolute atomic E-state index is 0.261. The maximum Gasteiger partial charge on any atom is 0.186 e. The van der Waals surface area contributed by atoms with Crippen molar-refractivity contribution in [2.45, 2.75) is 103 Å². The minimum atomic E-state index is -0.546. The molecule has 1 fully saturated rings. The summed E-state index contributed by atoms with van der Waals surface area (Å²) in [5.74, 6) is -0.261. The van der Waals surface area contributed by atoms with Crippen LogP contribution in [0.4, 0.5) is 10.1 Å². The fourth-order valence-electron chi connectivity index (χ4n) is 3.92. The van der Waals surface area contributed by atoms with Crippen molar-refractivity contribution in [2.24, 2.45) is 0 Å². The summed E-state index contributed by atoms with van der Waals surface area (Å²) >= 11 is 0. The third-order valence-corrected chi connectivity index (χ3v) is 5.74. The van der Waals surface area contributed by atoms with E-state index in [1.807, 2.05) is 6.07 Å². The molecule has 2 rings (SSSR count). The summed E-state index contributed by atoms with van der Waals surface area (Å²) in [6, 6.07) is 5.22. The van der Waals surface area contributed by atoms with Gasteiger partial charge in [0.1, 0.15) is 5.82 Å². The molecule has 1 aliphatic rings. The number of rotatable bonds is 17.